The molecule has 3 fully saturated rings. The Balaban J connectivity index is 1.62. The summed E-state index contributed by atoms with van der Waals surface area (Å²) in [5.74, 6) is 1.61. The van der Waals surface area contributed by atoms with Crippen molar-refractivity contribution in [3.05, 3.63) is 0 Å². The molecule has 3 heteroatoms. The molecule has 3 aliphatic rings. The Labute approximate surface area is 123 Å². The molecule has 1 aliphatic heterocycles. The van der Waals surface area contributed by atoms with Gasteiger partial charge in [-0.05, 0) is 57.3 Å². The summed E-state index contributed by atoms with van der Waals surface area (Å²) in [4.78, 5) is 15.2. The molecular weight excluding hydrogens is 250 g/mol. The van der Waals surface area contributed by atoms with E-state index in [1.54, 1.807) is 0 Å². The first kappa shape index (κ1) is 14.4. The van der Waals surface area contributed by atoms with Crippen LogP contribution in [0.2, 0.25) is 0 Å². The summed E-state index contributed by atoms with van der Waals surface area (Å²) in [6, 6.07) is 1.12. The highest BCUT2D eigenvalue weighted by Gasteiger charge is 2.41. The average Bonchev–Trinajstić information content (AvgIpc) is 3.34. The minimum atomic E-state index is 0.244. The van der Waals surface area contributed by atoms with Crippen molar-refractivity contribution >= 4 is 5.91 Å². The van der Waals surface area contributed by atoms with E-state index in [0.29, 0.717) is 18.0 Å². The van der Waals surface area contributed by atoms with E-state index in [4.69, 9.17) is 4.74 Å². The van der Waals surface area contributed by atoms with Gasteiger partial charge in [-0.25, -0.2) is 0 Å². The molecule has 1 amide bonds. The van der Waals surface area contributed by atoms with E-state index < -0.39 is 0 Å². The Morgan fingerprint density at radius 1 is 0.950 bits per heavy atom. The van der Waals surface area contributed by atoms with Crippen LogP contribution in [0.1, 0.15) is 64.7 Å². The molecule has 0 aromatic heterocycles. The molecule has 0 aromatic carbocycles. The molecule has 0 aromatic rings. The second kappa shape index (κ2) is 6.46. The van der Waals surface area contributed by atoms with E-state index in [9.17, 15) is 4.79 Å². The van der Waals surface area contributed by atoms with Gasteiger partial charge in [0.2, 0.25) is 5.91 Å². The lowest BCUT2D eigenvalue weighted by atomic mass is 9.83. The fraction of sp³-hybridized carbons (Fsp3) is 0.941. The molecule has 3 rings (SSSR count). The summed E-state index contributed by atoms with van der Waals surface area (Å²) in [5.41, 5.74) is 0. The van der Waals surface area contributed by atoms with Crippen molar-refractivity contribution in [3.8, 4) is 0 Å². The topological polar surface area (TPSA) is 29.5 Å². The van der Waals surface area contributed by atoms with Crippen LogP contribution in [0.15, 0.2) is 0 Å². The van der Waals surface area contributed by atoms with E-state index in [2.05, 4.69) is 11.8 Å². The molecular formula is C17H29NO2. The van der Waals surface area contributed by atoms with Crippen molar-refractivity contribution in [2.75, 3.05) is 13.2 Å². The van der Waals surface area contributed by atoms with Gasteiger partial charge in [-0.15, -0.1) is 0 Å². The molecule has 2 saturated carbocycles. The summed E-state index contributed by atoms with van der Waals surface area (Å²) >= 11 is 0. The van der Waals surface area contributed by atoms with Crippen molar-refractivity contribution in [1.29, 1.82) is 0 Å². The number of carbonyl (C=O) groups is 1. The molecule has 0 bridgehead atoms. The Morgan fingerprint density at radius 2 is 1.50 bits per heavy atom. The van der Waals surface area contributed by atoms with Gasteiger partial charge >= 0.3 is 0 Å². The standard InChI is InChI=1S/C17H29NO2/c1-2-13-3-5-15(6-4-13)18(16-7-8-16)17(19)14-9-11-20-12-10-14/h13-16H,2-12H2,1H3. The Morgan fingerprint density at radius 3 is 2.00 bits per heavy atom. The third-order valence-corrected chi connectivity index (χ3v) is 5.55. The van der Waals surface area contributed by atoms with Crippen LogP contribution in [-0.4, -0.2) is 36.1 Å². The van der Waals surface area contributed by atoms with Crippen LogP contribution in [-0.2, 0) is 9.53 Å². The highest BCUT2D eigenvalue weighted by atomic mass is 16.5. The predicted octanol–water partition coefficient (Wildman–Crippen LogP) is 3.37. The fourth-order valence-corrected chi connectivity index (χ4v) is 4.00. The van der Waals surface area contributed by atoms with Crippen molar-refractivity contribution in [2.45, 2.75) is 76.8 Å². The predicted molar refractivity (Wildman–Crippen MR) is 79.4 cm³/mol. The van der Waals surface area contributed by atoms with E-state index >= 15 is 0 Å². The first-order chi connectivity index (χ1) is 9.79. The van der Waals surface area contributed by atoms with Crippen molar-refractivity contribution in [3.63, 3.8) is 0 Å². The zero-order chi connectivity index (χ0) is 13.9. The summed E-state index contributed by atoms with van der Waals surface area (Å²) in [6.07, 6.45) is 10.8. The van der Waals surface area contributed by atoms with Gasteiger partial charge in [0, 0.05) is 31.2 Å². The maximum Gasteiger partial charge on any atom is 0.226 e. The second-order valence-electron chi connectivity index (χ2n) is 6.95. The number of hydrogen-bond donors (Lipinski definition) is 0. The van der Waals surface area contributed by atoms with Crippen molar-refractivity contribution in [1.82, 2.24) is 4.90 Å². The molecule has 2 aliphatic carbocycles. The van der Waals surface area contributed by atoms with Crippen LogP contribution in [0.5, 0.6) is 0 Å². The Hall–Kier alpha value is -0.570. The number of nitrogens with zero attached hydrogens (tertiary/aromatic N) is 1. The third kappa shape index (κ3) is 3.19. The first-order valence-electron chi connectivity index (χ1n) is 8.69. The SMILES string of the molecule is CCC1CCC(N(C(=O)C2CCOCC2)C2CC2)CC1. The van der Waals surface area contributed by atoms with E-state index in [0.717, 1.165) is 32.0 Å². The van der Waals surface area contributed by atoms with Gasteiger partial charge in [0.15, 0.2) is 0 Å². The zero-order valence-electron chi connectivity index (χ0n) is 12.9. The lowest BCUT2D eigenvalue weighted by molar-refractivity contribution is -0.142. The van der Waals surface area contributed by atoms with Gasteiger partial charge in [-0.1, -0.05) is 13.3 Å². The van der Waals surface area contributed by atoms with Crippen LogP contribution in [0.3, 0.4) is 0 Å². The maximum absolute atomic E-state index is 12.9. The van der Waals surface area contributed by atoms with Crippen LogP contribution in [0.25, 0.3) is 0 Å². The van der Waals surface area contributed by atoms with Gasteiger partial charge < -0.3 is 9.64 Å². The molecule has 3 nitrogen and oxygen atoms in total. The smallest absolute Gasteiger partial charge is 0.226 e. The van der Waals surface area contributed by atoms with Crippen LogP contribution < -0.4 is 0 Å². The fourth-order valence-electron chi connectivity index (χ4n) is 4.00. The largest absolute Gasteiger partial charge is 0.381 e. The number of ether oxygens (including phenoxy) is 1. The molecule has 1 heterocycles. The first-order valence-corrected chi connectivity index (χ1v) is 8.69. The van der Waals surface area contributed by atoms with Gasteiger partial charge in [0.25, 0.3) is 0 Å². The van der Waals surface area contributed by atoms with Crippen molar-refractivity contribution < 1.29 is 9.53 Å². The molecule has 0 radical (unpaired) electrons. The molecule has 114 valence electrons. The zero-order valence-corrected chi connectivity index (χ0v) is 12.9. The summed E-state index contributed by atoms with van der Waals surface area (Å²) < 4.78 is 5.41. The summed E-state index contributed by atoms with van der Waals surface area (Å²) in [5, 5.41) is 0. The van der Waals surface area contributed by atoms with Crippen molar-refractivity contribution in [2.24, 2.45) is 11.8 Å². The molecule has 0 N–H and O–H groups in total. The van der Waals surface area contributed by atoms with Crippen LogP contribution in [0.4, 0.5) is 0 Å². The summed E-state index contributed by atoms with van der Waals surface area (Å²) in [6.45, 7) is 3.85. The van der Waals surface area contributed by atoms with Gasteiger partial charge in [-0.3, -0.25) is 4.79 Å². The van der Waals surface area contributed by atoms with Crippen LogP contribution in [0, 0.1) is 11.8 Å². The van der Waals surface area contributed by atoms with E-state index in [1.807, 2.05) is 0 Å². The molecule has 20 heavy (non-hydrogen) atoms. The number of rotatable bonds is 4. The Bertz CT molecular complexity index is 326. The van der Waals surface area contributed by atoms with Gasteiger partial charge in [-0.2, -0.15) is 0 Å². The minimum Gasteiger partial charge on any atom is -0.381 e. The average molecular weight is 279 g/mol. The summed E-state index contributed by atoms with van der Waals surface area (Å²) in [7, 11) is 0. The maximum atomic E-state index is 12.9. The Kier molecular flexibility index (Phi) is 4.65. The van der Waals surface area contributed by atoms with Gasteiger partial charge in [0.1, 0.15) is 0 Å². The highest BCUT2D eigenvalue weighted by molar-refractivity contribution is 5.80. The van der Waals surface area contributed by atoms with Crippen LogP contribution >= 0.6 is 0 Å². The van der Waals surface area contributed by atoms with E-state index in [1.165, 1.54) is 44.9 Å². The monoisotopic (exact) mass is 279 g/mol. The minimum absolute atomic E-state index is 0.244. The number of carbonyl (C=O) groups excluding carboxylic acids is 1. The quantitative estimate of drug-likeness (QED) is 0.789. The van der Waals surface area contributed by atoms with E-state index in [-0.39, 0.29) is 5.92 Å². The van der Waals surface area contributed by atoms with Gasteiger partial charge in [0.05, 0.1) is 0 Å². The molecule has 0 atom stereocenters. The second-order valence-corrected chi connectivity index (χ2v) is 6.95. The highest BCUT2D eigenvalue weighted by Crippen LogP contribution is 2.37. The number of hydrogen-bond acceptors (Lipinski definition) is 2. The molecule has 0 unspecified atom stereocenters. The normalized spacial score (nSPS) is 32.0. The number of amides is 1. The third-order valence-electron chi connectivity index (χ3n) is 5.55. The lowest BCUT2D eigenvalue weighted by Crippen LogP contribution is -2.47. The molecule has 1 saturated heterocycles. The lowest BCUT2D eigenvalue weighted by Gasteiger charge is -2.39. The molecule has 0 spiro atoms.